The number of aromatic nitrogens is 1. The molecule has 2 heterocycles. The number of ether oxygens (including phenoxy) is 1. The number of carbonyl (C=O) groups excluding carboxylic acids is 2. The Kier molecular flexibility index (Phi) is 5.68. The molecule has 4 rings (SSSR count). The van der Waals surface area contributed by atoms with Crippen molar-refractivity contribution >= 4 is 39.3 Å². The SMILES string of the molecule is N#Cc1c(NC(=O)COC(=O)Cn2c(=O)oc3ccccc32)sc2c1CCCCC2. The van der Waals surface area contributed by atoms with Gasteiger partial charge < -0.3 is 14.5 Å². The van der Waals surface area contributed by atoms with Gasteiger partial charge in [0.05, 0.1) is 11.1 Å². The maximum atomic E-state index is 12.3. The number of nitriles is 1. The molecule has 1 aromatic carbocycles. The van der Waals surface area contributed by atoms with Gasteiger partial charge in [0.1, 0.15) is 17.6 Å². The summed E-state index contributed by atoms with van der Waals surface area (Å²) in [6.45, 7) is -0.864. The molecular weight excluding hydrogens is 406 g/mol. The number of hydrogen-bond acceptors (Lipinski definition) is 7. The molecule has 0 saturated carbocycles. The summed E-state index contributed by atoms with van der Waals surface area (Å²) in [4.78, 5) is 37.5. The zero-order valence-electron chi connectivity index (χ0n) is 16.1. The molecule has 2 aromatic heterocycles. The summed E-state index contributed by atoms with van der Waals surface area (Å²) in [7, 11) is 0. The number of benzene rings is 1. The molecule has 0 unspecified atom stereocenters. The number of para-hydroxylation sites is 2. The molecule has 9 heteroatoms. The summed E-state index contributed by atoms with van der Waals surface area (Å²) in [5, 5.41) is 12.7. The van der Waals surface area contributed by atoms with Crippen LogP contribution in [0.5, 0.6) is 0 Å². The molecule has 1 aliphatic carbocycles. The van der Waals surface area contributed by atoms with Gasteiger partial charge in [-0.05, 0) is 43.4 Å². The molecule has 1 amide bonds. The van der Waals surface area contributed by atoms with Gasteiger partial charge in [-0.2, -0.15) is 5.26 Å². The molecule has 0 fully saturated rings. The first-order chi connectivity index (χ1) is 14.6. The van der Waals surface area contributed by atoms with Crippen molar-refractivity contribution in [2.45, 2.75) is 38.6 Å². The van der Waals surface area contributed by atoms with Crippen LogP contribution in [0.2, 0.25) is 0 Å². The molecule has 0 bridgehead atoms. The second-order valence-electron chi connectivity index (χ2n) is 7.01. The van der Waals surface area contributed by atoms with E-state index in [1.54, 1.807) is 24.3 Å². The summed E-state index contributed by atoms with van der Waals surface area (Å²) in [6, 6.07) is 8.92. The third kappa shape index (κ3) is 4.00. The Balaban J connectivity index is 1.38. The average molecular weight is 425 g/mol. The van der Waals surface area contributed by atoms with Crippen molar-refractivity contribution in [3.05, 3.63) is 50.8 Å². The maximum Gasteiger partial charge on any atom is 0.420 e. The molecule has 0 atom stereocenters. The lowest BCUT2D eigenvalue weighted by Crippen LogP contribution is -2.25. The van der Waals surface area contributed by atoms with Crippen molar-refractivity contribution in [3.63, 3.8) is 0 Å². The number of esters is 1. The highest BCUT2D eigenvalue weighted by atomic mass is 32.1. The minimum Gasteiger partial charge on any atom is -0.454 e. The van der Waals surface area contributed by atoms with Crippen LogP contribution in [-0.4, -0.2) is 23.1 Å². The molecule has 0 aliphatic heterocycles. The third-order valence-corrected chi connectivity index (χ3v) is 6.22. The Bertz CT molecular complexity index is 1210. The van der Waals surface area contributed by atoms with E-state index in [1.165, 1.54) is 11.3 Å². The fourth-order valence-corrected chi connectivity index (χ4v) is 4.85. The van der Waals surface area contributed by atoms with Crippen LogP contribution in [0.4, 0.5) is 5.00 Å². The van der Waals surface area contributed by atoms with Gasteiger partial charge >= 0.3 is 11.7 Å². The zero-order valence-corrected chi connectivity index (χ0v) is 16.9. The van der Waals surface area contributed by atoms with Gasteiger partial charge in [0.15, 0.2) is 12.2 Å². The third-order valence-electron chi connectivity index (χ3n) is 5.01. The summed E-state index contributed by atoms with van der Waals surface area (Å²) in [5.41, 5.74) is 2.38. The second kappa shape index (κ2) is 8.55. The summed E-state index contributed by atoms with van der Waals surface area (Å²) >= 11 is 1.42. The number of rotatable bonds is 5. The minimum atomic E-state index is -0.735. The van der Waals surface area contributed by atoms with E-state index in [-0.39, 0.29) is 6.54 Å². The van der Waals surface area contributed by atoms with Gasteiger partial charge in [-0.15, -0.1) is 11.3 Å². The first-order valence-corrected chi connectivity index (χ1v) is 10.5. The predicted molar refractivity (Wildman–Crippen MR) is 110 cm³/mol. The number of carbonyl (C=O) groups is 2. The molecule has 0 spiro atoms. The number of aryl methyl sites for hydroxylation is 1. The summed E-state index contributed by atoms with van der Waals surface area (Å²) in [6.07, 6.45) is 5.00. The van der Waals surface area contributed by atoms with Crippen molar-refractivity contribution in [2.75, 3.05) is 11.9 Å². The van der Waals surface area contributed by atoms with Crippen LogP contribution >= 0.6 is 11.3 Å². The first-order valence-electron chi connectivity index (χ1n) is 9.65. The Hall–Kier alpha value is -3.38. The molecule has 154 valence electrons. The zero-order chi connectivity index (χ0) is 21.1. The van der Waals surface area contributed by atoms with Gasteiger partial charge in [-0.25, -0.2) is 4.79 Å². The fourth-order valence-electron chi connectivity index (χ4n) is 3.60. The average Bonchev–Trinajstić information content (AvgIpc) is 3.12. The Morgan fingerprint density at radius 3 is 2.87 bits per heavy atom. The van der Waals surface area contributed by atoms with Crippen LogP contribution in [0.15, 0.2) is 33.5 Å². The molecule has 8 nitrogen and oxygen atoms in total. The number of hydrogen-bond donors (Lipinski definition) is 1. The van der Waals surface area contributed by atoms with E-state index in [0.717, 1.165) is 47.1 Å². The first kappa shape index (κ1) is 19.9. The molecule has 1 N–H and O–H groups in total. The molecule has 3 aromatic rings. The van der Waals surface area contributed by atoms with Gasteiger partial charge in [-0.1, -0.05) is 18.6 Å². The van der Waals surface area contributed by atoms with Gasteiger partial charge in [0.2, 0.25) is 0 Å². The number of thiophene rings is 1. The maximum absolute atomic E-state index is 12.3. The van der Waals surface area contributed by atoms with Crippen LogP contribution in [-0.2, 0) is 33.7 Å². The van der Waals surface area contributed by atoms with Crippen molar-refractivity contribution in [1.29, 1.82) is 5.26 Å². The van der Waals surface area contributed by atoms with Crippen LogP contribution in [0.1, 0.15) is 35.3 Å². The van der Waals surface area contributed by atoms with E-state index in [1.807, 2.05) is 0 Å². The van der Waals surface area contributed by atoms with Gasteiger partial charge in [-0.3, -0.25) is 14.2 Å². The predicted octanol–water partition coefficient (Wildman–Crippen LogP) is 2.98. The van der Waals surface area contributed by atoms with E-state index >= 15 is 0 Å². The highest BCUT2D eigenvalue weighted by Gasteiger charge is 2.21. The smallest absolute Gasteiger partial charge is 0.420 e. The highest BCUT2D eigenvalue weighted by Crippen LogP contribution is 2.36. The lowest BCUT2D eigenvalue weighted by atomic mass is 10.1. The Morgan fingerprint density at radius 1 is 1.23 bits per heavy atom. The largest absolute Gasteiger partial charge is 0.454 e. The topological polar surface area (TPSA) is 114 Å². The van der Waals surface area contributed by atoms with Gasteiger partial charge in [0.25, 0.3) is 5.91 Å². The minimum absolute atomic E-state index is 0.361. The monoisotopic (exact) mass is 425 g/mol. The van der Waals surface area contributed by atoms with E-state index in [4.69, 9.17) is 9.15 Å². The van der Waals surface area contributed by atoms with E-state index < -0.39 is 24.2 Å². The van der Waals surface area contributed by atoms with Gasteiger partial charge in [0, 0.05) is 4.88 Å². The molecule has 30 heavy (non-hydrogen) atoms. The standard InChI is InChI=1S/C21H19N3O5S/c22-10-14-13-6-2-1-3-9-17(13)30-20(14)23-18(25)12-28-19(26)11-24-15-7-4-5-8-16(15)29-21(24)27/h4-5,7-8H,1-3,6,9,11-12H2,(H,23,25). The molecule has 0 radical (unpaired) electrons. The Morgan fingerprint density at radius 2 is 2.03 bits per heavy atom. The number of oxazole rings is 1. The van der Waals surface area contributed by atoms with E-state index in [9.17, 15) is 19.6 Å². The summed E-state index contributed by atoms with van der Waals surface area (Å²) < 4.78 is 11.2. The van der Waals surface area contributed by atoms with Crippen molar-refractivity contribution in [3.8, 4) is 6.07 Å². The number of nitrogens with zero attached hydrogens (tertiary/aromatic N) is 2. The van der Waals surface area contributed by atoms with Crippen molar-refractivity contribution < 1.29 is 18.7 Å². The lowest BCUT2D eigenvalue weighted by molar-refractivity contribution is -0.147. The fraction of sp³-hybridized carbons (Fsp3) is 0.333. The highest BCUT2D eigenvalue weighted by molar-refractivity contribution is 7.16. The molecule has 0 saturated heterocycles. The van der Waals surface area contributed by atoms with Crippen LogP contribution in [0, 0.1) is 11.3 Å². The van der Waals surface area contributed by atoms with E-state index in [0.29, 0.717) is 21.7 Å². The number of amides is 1. The van der Waals surface area contributed by atoms with Crippen LogP contribution in [0.25, 0.3) is 11.1 Å². The lowest BCUT2D eigenvalue weighted by Gasteiger charge is -2.06. The number of fused-ring (bicyclic) bond motifs is 2. The number of nitrogens with one attached hydrogen (secondary N) is 1. The number of anilines is 1. The summed E-state index contributed by atoms with van der Waals surface area (Å²) in [5.74, 6) is -1.93. The van der Waals surface area contributed by atoms with Crippen LogP contribution < -0.4 is 11.1 Å². The molecule has 1 aliphatic rings. The van der Waals surface area contributed by atoms with Crippen molar-refractivity contribution in [2.24, 2.45) is 0 Å². The quantitative estimate of drug-likeness (QED) is 0.496. The van der Waals surface area contributed by atoms with Crippen LogP contribution in [0.3, 0.4) is 0 Å². The van der Waals surface area contributed by atoms with E-state index in [2.05, 4.69) is 11.4 Å². The van der Waals surface area contributed by atoms with Crippen molar-refractivity contribution in [1.82, 2.24) is 4.57 Å². The second-order valence-corrected chi connectivity index (χ2v) is 8.12. The normalized spacial score (nSPS) is 13.3. The molecular formula is C21H19N3O5S. The Labute approximate surface area is 175 Å².